The molecule has 10 heteroatoms. The van der Waals surface area contributed by atoms with E-state index in [1.165, 1.54) is 47.6 Å². The minimum Gasteiger partial charge on any atom is -0.497 e. The fourth-order valence-electron chi connectivity index (χ4n) is 5.40. The van der Waals surface area contributed by atoms with Crippen LogP contribution in [0.5, 0.6) is 5.75 Å². The maximum atomic E-state index is 14.3. The fraction of sp³-hybridized carbons (Fsp3) is 0.167. The lowest BCUT2D eigenvalue weighted by Gasteiger charge is -2.30. The van der Waals surface area contributed by atoms with Gasteiger partial charge in [0.15, 0.2) is 5.78 Å². The number of ether oxygens (including phenoxy) is 1. The molecule has 40 heavy (non-hydrogen) atoms. The Bertz CT molecular complexity index is 1540. The molecule has 9 nitrogen and oxygen atoms in total. The third-order valence-electron chi connectivity index (χ3n) is 7.17. The Morgan fingerprint density at radius 3 is 2.12 bits per heavy atom. The Labute approximate surface area is 233 Å². The summed E-state index contributed by atoms with van der Waals surface area (Å²) in [4.78, 5) is 53.9. The van der Waals surface area contributed by atoms with E-state index in [4.69, 9.17) is 4.74 Å². The van der Waals surface area contributed by atoms with Gasteiger partial charge >= 0.3 is 5.97 Å². The van der Waals surface area contributed by atoms with Crippen LogP contribution in [0.25, 0.3) is 0 Å². The molecular formula is C30H24N2O7S. The van der Waals surface area contributed by atoms with Crippen molar-refractivity contribution in [2.45, 2.75) is 18.0 Å². The highest BCUT2D eigenvalue weighted by Crippen LogP contribution is 2.52. The third-order valence-corrected chi connectivity index (χ3v) is 8.14. The molecular weight excluding hydrogens is 532 g/mol. The smallest absolute Gasteiger partial charge is 0.327 e. The average molecular weight is 557 g/mol. The predicted molar refractivity (Wildman–Crippen MR) is 148 cm³/mol. The quantitative estimate of drug-likeness (QED) is 0.170. The van der Waals surface area contributed by atoms with Crippen molar-refractivity contribution in [1.29, 1.82) is 0 Å². The maximum Gasteiger partial charge on any atom is 0.327 e. The number of thiophene rings is 1. The van der Waals surface area contributed by atoms with E-state index in [0.717, 1.165) is 0 Å². The van der Waals surface area contributed by atoms with Crippen molar-refractivity contribution in [1.82, 2.24) is 4.90 Å². The number of likely N-dealkylation sites (tertiary alicyclic amines) is 1. The van der Waals surface area contributed by atoms with Crippen molar-refractivity contribution in [2.75, 3.05) is 7.11 Å². The van der Waals surface area contributed by atoms with Gasteiger partial charge in [-0.3, -0.25) is 19.7 Å². The number of non-ortho nitro benzene ring substituents is 1. The number of nitro groups is 1. The molecule has 1 aliphatic rings. The first-order chi connectivity index (χ1) is 19.3. The zero-order valence-electron chi connectivity index (χ0n) is 21.2. The van der Waals surface area contributed by atoms with Crippen LogP contribution in [0.4, 0.5) is 5.69 Å². The molecule has 1 aliphatic heterocycles. The number of hydrogen-bond donors (Lipinski definition) is 1. The van der Waals surface area contributed by atoms with Gasteiger partial charge in [0.1, 0.15) is 11.8 Å². The van der Waals surface area contributed by atoms with Crippen molar-refractivity contribution in [2.24, 2.45) is 5.92 Å². The Morgan fingerprint density at radius 1 is 0.900 bits per heavy atom. The Balaban J connectivity index is 1.73. The molecule has 1 amide bonds. The Kier molecular flexibility index (Phi) is 7.43. The van der Waals surface area contributed by atoms with Crippen LogP contribution < -0.4 is 4.74 Å². The number of benzene rings is 3. The van der Waals surface area contributed by atoms with Gasteiger partial charge in [0.25, 0.3) is 11.6 Å². The van der Waals surface area contributed by atoms with E-state index in [0.29, 0.717) is 21.8 Å². The topological polar surface area (TPSA) is 127 Å². The van der Waals surface area contributed by atoms with Crippen LogP contribution in [0.3, 0.4) is 0 Å². The molecule has 0 saturated carbocycles. The summed E-state index contributed by atoms with van der Waals surface area (Å²) in [6.07, 6.45) is 0. The lowest BCUT2D eigenvalue weighted by Crippen LogP contribution is -2.43. The van der Waals surface area contributed by atoms with Crippen molar-refractivity contribution in [3.8, 4) is 5.75 Å². The zero-order valence-corrected chi connectivity index (χ0v) is 22.1. The second kappa shape index (κ2) is 11.1. The summed E-state index contributed by atoms with van der Waals surface area (Å²) in [7, 11) is 1.52. The molecule has 0 bridgehead atoms. The summed E-state index contributed by atoms with van der Waals surface area (Å²) in [5.41, 5.74) is 0.874. The summed E-state index contributed by atoms with van der Waals surface area (Å²) < 4.78 is 5.29. The van der Waals surface area contributed by atoms with Gasteiger partial charge < -0.3 is 14.7 Å². The minimum absolute atomic E-state index is 0.172. The molecule has 2 heterocycles. The molecule has 0 aliphatic carbocycles. The van der Waals surface area contributed by atoms with E-state index in [1.54, 1.807) is 72.1 Å². The van der Waals surface area contributed by atoms with E-state index < -0.39 is 46.5 Å². The number of methoxy groups -OCH3 is 1. The van der Waals surface area contributed by atoms with Gasteiger partial charge in [-0.2, -0.15) is 0 Å². The lowest BCUT2D eigenvalue weighted by molar-refractivity contribution is -0.384. The zero-order chi connectivity index (χ0) is 28.4. The summed E-state index contributed by atoms with van der Waals surface area (Å²) >= 11 is 1.31. The number of ketones is 1. The Hall–Kier alpha value is -4.83. The maximum absolute atomic E-state index is 14.3. The highest BCUT2D eigenvalue weighted by Gasteiger charge is 2.58. The normalized spacial score (nSPS) is 20.2. The van der Waals surface area contributed by atoms with E-state index in [1.807, 2.05) is 0 Å². The summed E-state index contributed by atoms with van der Waals surface area (Å²) in [6.45, 7) is 0. The number of carbonyl (C=O) groups excluding carboxylic acids is 2. The molecule has 1 N–H and O–H groups in total. The van der Waals surface area contributed by atoms with Crippen molar-refractivity contribution >= 4 is 34.7 Å². The van der Waals surface area contributed by atoms with Gasteiger partial charge in [0.05, 0.1) is 24.0 Å². The highest BCUT2D eigenvalue weighted by molar-refractivity contribution is 7.10. The van der Waals surface area contributed by atoms with Crippen LogP contribution in [0, 0.1) is 16.0 Å². The third kappa shape index (κ3) is 4.85. The van der Waals surface area contributed by atoms with Crippen LogP contribution in [0.15, 0.2) is 96.4 Å². The molecule has 4 unspecified atom stereocenters. The first-order valence-electron chi connectivity index (χ1n) is 12.4. The number of carboxylic acids is 1. The molecule has 4 atom stereocenters. The van der Waals surface area contributed by atoms with E-state index in [-0.39, 0.29) is 11.3 Å². The van der Waals surface area contributed by atoms with E-state index >= 15 is 0 Å². The molecule has 1 saturated heterocycles. The number of amides is 1. The van der Waals surface area contributed by atoms with Gasteiger partial charge in [0, 0.05) is 34.1 Å². The molecule has 4 aromatic rings. The van der Waals surface area contributed by atoms with Crippen molar-refractivity contribution in [3.63, 3.8) is 0 Å². The largest absolute Gasteiger partial charge is 0.497 e. The second-order valence-electron chi connectivity index (χ2n) is 9.31. The van der Waals surface area contributed by atoms with Crippen LogP contribution in [0.1, 0.15) is 43.1 Å². The molecule has 202 valence electrons. The lowest BCUT2D eigenvalue weighted by atomic mass is 9.78. The first-order valence-corrected chi connectivity index (χ1v) is 13.3. The molecule has 1 aromatic heterocycles. The number of carboxylic acid groups (broad SMARTS) is 1. The number of carbonyl (C=O) groups is 3. The minimum atomic E-state index is -1.36. The monoisotopic (exact) mass is 556 g/mol. The molecule has 0 spiro atoms. The fourth-order valence-corrected chi connectivity index (χ4v) is 6.30. The molecule has 5 rings (SSSR count). The standard InChI is InChI=1S/C30H24N2O7S/c1-39-22-15-11-18(12-16-22)26-25(28(33)19-9-13-21(14-10-19)32(37)38)24(23-8-5-17-40-23)27(30(35)36)31(26)29(34)20-6-3-2-4-7-20/h2-17,24-27H,1H3,(H,35,36). The van der Waals surface area contributed by atoms with Gasteiger partial charge in [0.2, 0.25) is 0 Å². The molecule has 0 radical (unpaired) electrons. The van der Waals surface area contributed by atoms with Crippen LogP contribution in [-0.2, 0) is 4.79 Å². The van der Waals surface area contributed by atoms with Crippen molar-refractivity contribution in [3.05, 3.63) is 128 Å². The number of aliphatic carboxylic acids is 1. The van der Waals surface area contributed by atoms with Gasteiger partial charge in [-0.05, 0) is 53.4 Å². The Morgan fingerprint density at radius 2 is 1.57 bits per heavy atom. The highest BCUT2D eigenvalue weighted by atomic mass is 32.1. The summed E-state index contributed by atoms with van der Waals surface area (Å²) in [5.74, 6) is -3.48. The van der Waals surface area contributed by atoms with Crippen LogP contribution in [-0.4, -0.2) is 45.7 Å². The van der Waals surface area contributed by atoms with E-state index in [2.05, 4.69) is 0 Å². The number of hydrogen-bond acceptors (Lipinski definition) is 7. The summed E-state index contributed by atoms with van der Waals surface area (Å²) in [5, 5.41) is 23.6. The SMILES string of the molecule is COc1ccc(C2C(C(=O)c3ccc([N+](=O)[O-])cc3)C(c3cccs3)C(C(=O)O)N2C(=O)c2ccccc2)cc1. The van der Waals surface area contributed by atoms with Crippen LogP contribution >= 0.6 is 11.3 Å². The number of rotatable bonds is 8. The van der Waals surface area contributed by atoms with Gasteiger partial charge in [-0.15, -0.1) is 11.3 Å². The number of nitro benzene ring substituents is 1. The number of Topliss-reactive ketones (excluding diaryl/α,β-unsaturated/α-hetero) is 1. The van der Waals surface area contributed by atoms with Crippen molar-refractivity contribution < 1.29 is 29.2 Å². The van der Waals surface area contributed by atoms with Crippen LogP contribution in [0.2, 0.25) is 0 Å². The predicted octanol–water partition coefficient (Wildman–Crippen LogP) is 5.60. The number of nitrogens with zero attached hydrogens (tertiary/aromatic N) is 2. The first kappa shape index (κ1) is 26.8. The van der Waals surface area contributed by atoms with E-state index in [9.17, 15) is 29.6 Å². The molecule has 3 aromatic carbocycles. The van der Waals surface area contributed by atoms with Gasteiger partial charge in [-0.25, -0.2) is 4.79 Å². The molecule has 1 fully saturated rings. The summed E-state index contributed by atoms with van der Waals surface area (Å²) in [6, 6.07) is 21.7. The average Bonchev–Trinajstić information content (AvgIpc) is 3.63. The van der Waals surface area contributed by atoms with Gasteiger partial charge in [-0.1, -0.05) is 36.4 Å². The second-order valence-corrected chi connectivity index (χ2v) is 10.3.